The van der Waals surface area contributed by atoms with Crippen molar-refractivity contribution in [3.63, 3.8) is 0 Å². The molecule has 3 aliphatic heterocycles. The molecule has 1 N–H and O–H groups in total. The Labute approximate surface area is 287 Å². The Kier molecular flexibility index (Phi) is 12.2. The predicted octanol–water partition coefficient (Wildman–Crippen LogP) is 3.62. The summed E-state index contributed by atoms with van der Waals surface area (Å²) in [5.41, 5.74) is -2.32. The highest BCUT2D eigenvalue weighted by Gasteiger charge is 2.52. The lowest BCUT2D eigenvalue weighted by atomic mass is 9.74. The molecule has 1 aromatic carbocycles. The first-order valence-electron chi connectivity index (χ1n) is 17.4. The summed E-state index contributed by atoms with van der Waals surface area (Å²) in [6, 6.07) is 9.07. The fourth-order valence-corrected chi connectivity index (χ4v) is 8.04. The molecule has 1 amide bonds. The maximum absolute atomic E-state index is 14.3. The van der Waals surface area contributed by atoms with E-state index < -0.39 is 46.9 Å². The largest absolute Gasteiger partial charge is 0.463 e. The minimum Gasteiger partial charge on any atom is -0.463 e. The third kappa shape index (κ3) is 7.97. The molecule has 3 saturated heterocycles. The van der Waals surface area contributed by atoms with Gasteiger partial charge >= 0.3 is 5.97 Å². The van der Waals surface area contributed by atoms with E-state index in [-0.39, 0.29) is 36.4 Å². The number of nitrogens with zero attached hydrogens (tertiary/aromatic N) is 3. The Morgan fingerprint density at radius 2 is 1.67 bits per heavy atom. The highest BCUT2D eigenvalue weighted by Crippen LogP contribution is 2.40. The van der Waals surface area contributed by atoms with E-state index in [1.807, 2.05) is 75.1 Å². The van der Waals surface area contributed by atoms with E-state index in [4.69, 9.17) is 18.9 Å². The number of aliphatic hydroxyl groups is 1. The fraction of sp³-hybridized carbons (Fsp3) is 0.757. The molecule has 4 rings (SSSR count). The molecule has 0 bridgehead atoms. The maximum atomic E-state index is 14.3. The first kappa shape index (κ1) is 38.4. The van der Waals surface area contributed by atoms with Crippen molar-refractivity contribution in [2.75, 3.05) is 54.5 Å². The molecule has 0 unspecified atom stereocenters. The smallest absolute Gasteiger partial charge is 0.319 e. The van der Waals surface area contributed by atoms with Crippen LogP contribution >= 0.6 is 0 Å². The van der Waals surface area contributed by atoms with Gasteiger partial charge in [0.1, 0.15) is 18.1 Å². The Balaban J connectivity index is 1.64. The predicted molar refractivity (Wildman–Crippen MR) is 182 cm³/mol. The van der Waals surface area contributed by atoms with Gasteiger partial charge in [0.2, 0.25) is 0 Å². The quantitative estimate of drug-likeness (QED) is 0.367. The van der Waals surface area contributed by atoms with Gasteiger partial charge in [0.15, 0.2) is 12.1 Å². The number of Topliss-reactive ketones (excluding diaryl/α,β-unsaturated/α-hetero) is 1. The average Bonchev–Trinajstić information content (AvgIpc) is 3.06. The molecule has 11 heteroatoms. The number of likely N-dealkylation sites (tertiary alicyclic amines) is 1. The number of ether oxygens (including phenoxy) is 4. The third-order valence-electron chi connectivity index (χ3n) is 11.2. The van der Waals surface area contributed by atoms with Crippen LogP contribution < -0.4 is 0 Å². The number of hydrogen-bond donors (Lipinski definition) is 1. The molecule has 3 heterocycles. The van der Waals surface area contributed by atoms with Crippen molar-refractivity contribution < 1.29 is 38.4 Å². The van der Waals surface area contributed by atoms with Crippen molar-refractivity contribution >= 4 is 17.7 Å². The maximum Gasteiger partial charge on any atom is 0.319 e. The summed E-state index contributed by atoms with van der Waals surface area (Å²) in [5, 5.41) is 11.4. The second-order valence-corrected chi connectivity index (χ2v) is 15.6. The topological polar surface area (TPSA) is 118 Å². The van der Waals surface area contributed by atoms with Gasteiger partial charge in [-0.2, -0.15) is 0 Å². The zero-order valence-corrected chi connectivity index (χ0v) is 30.7. The van der Waals surface area contributed by atoms with Crippen LogP contribution in [-0.2, 0) is 28.5 Å². The van der Waals surface area contributed by atoms with Crippen LogP contribution in [0.3, 0.4) is 0 Å². The summed E-state index contributed by atoms with van der Waals surface area (Å²) < 4.78 is 25.1. The van der Waals surface area contributed by atoms with Crippen LogP contribution in [-0.4, -0.2) is 134 Å². The summed E-state index contributed by atoms with van der Waals surface area (Å²) in [6.45, 7) is 12.8. The van der Waals surface area contributed by atoms with E-state index in [2.05, 4.69) is 11.8 Å². The van der Waals surface area contributed by atoms with Gasteiger partial charge in [-0.05, 0) is 92.6 Å². The number of cyclic esters (lactones) is 1. The number of rotatable bonds is 5. The fourth-order valence-electron chi connectivity index (χ4n) is 8.04. The van der Waals surface area contributed by atoms with Gasteiger partial charge in [-0.25, -0.2) is 0 Å². The number of benzene rings is 1. The van der Waals surface area contributed by atoms with E-state index in [9.17, 15) is 19.5 Å². The number of carbonyl (C=O) groups excluding carboxylic acids is 3. The molecule has 48 heavy (non-hydrogen) atoms. The van der Waals surface area contributed by atoms with Crippen molar-refractivity contribution in [1.82, 2.24) is 14.7 Å². The van der Waals surface area contributed by atoms with Crippen LogP contribution in [0.1, 0.15) is 77.6 Å². The second kappa shape index (κ2) is 15.2. The minimum absolute atomic E-state index is 0.0101. The molecule has 0 aliphatic carbocycles. The van der Waals surface area contributed by atoms with Crippen molar-refractivity contribution in [2.24, 2.45) is 17.3 Å². The Morgan fingerprint density at radius 1 is 1.04 bits per heavy atom. The number of carbonyl (C=O) groups is 3. The van der Waals surface area contributed by atoms with Crippen LogP contribution in [0.4, 0.5) is 0 Å². The average molecular weight is 674 g/mol. The summed E-state index contributed by atoms with van der Waals surface area (Å²) in [4.78, 5) is 47.5. The molecule has 0 aromatic heterocycles. The number of piperidine rings is 1. The van der Waals surface area contributed by atoms with E-state index in [1.54, 1.807) is 27.9 Å². The Hall–Kier alpha value is -2.41. The van der Waals surface area contributed by atoms with Crippen LogP contribution in [0.15, 0.2) is 30.3 Å². The van der Waals surface area contributed by atoms with Crippen LogP contribution in [0.2, 0.25) is 0 Å². The Bertz CT molecular complexity index is 1270. The molecule has 3 fully saturated rings. The number of aliphatic hydroxyl groups excluding tert-OH is 1. The molecule has 1 aromatic rings. The zero-order valence-electron chi connectivity index (χ0n) is 30.7. The van der Waals surface area contributed by atoms with Crippen LogP contribution in [0, 0.1) is 17.3 Å². The highest BCUT2D eigenvalue weighted by molar-refractivity contribution is 6.04. The molecule has 11 nitrogen and oxygen atoms in total. The van der Waals surface area contributed by atoms with Gasteiger partial charge in [-0.1, -0.05) is 32.0 Å². The van der Waals surface area contributed by atoms with Crippen molar-refractivity contribution in [1.29, 1.82) is 0 Å². The van der Waals surface area contributed by atoms with Crippen molar-refractivity contribution in [3.8, 4) is 0 Å². The summed E-state index contributed by atoms with van der Waals surface area (Å²) >= 11 is 0. The number of likely N-dealkylation sites (N-methyl/N-ethyl adjacent to an activating group) is 2. The zero-order chi connectivity index (χ0) is 35.6. The van der Waals surface area contributed by atoms with Gasteiger partial charge in [-0.3, -0.25) is 19.3 Å². The molecule has 270 valence electrons. The summed E-state index contributed by atoms with van der Waals surface area (Å²) in [7, 11) is 7.49. The van der Waals surface area contributed by atoms with Crippen LogP contribution in [0.25, 0.3) is 0 Å². The Morgan fingerprint density at radius 3 is 2.25 bits per heavy atom. The number of esters is 1. The molecule has 1 spiro atoms. The van der Waals surface area contributed by atoms with Gasteiger partial charge in [-0.15, -0.1) is 0 Å². The molecule has 0 saturated carbocycles. The number of hydrogen-bond acceptors (Lipinski definition) is 10. The molecular weight excluding hydrogens is 614 g/mol. The van der Waals surface area contributed by atoms with Crippen molar-refractivity contribution in [3.05, 3.63) is 35.9 Å². The third-order valence-corrected chi connectivity index (χ3v) is 11.2. The van der Waals surface area contributed by atoms with E-state index in [0.29, 0.717) is 50.9 Å². The van der Waals surface area contributed by atoms with Gasteiger partial charge in [0.05, 0.1) is 23.3 Å². The molecule has 8 atom stereocenters. The van der Waals surface area contributed by atoms with E-state index in [1.165, 1.54) is 0 Å². The first-order chi connectivity index (χ1) is 22.5. The van der Waals surface area contributed by atoms with Crippen LogP contribution in [0.5, 0.6) is 0 Å². The SMILES string of the molecule is CO[C@]1(C)C[C@@H](C)CN(C)C2(CCN(C(=O)c3ccccc3)CC2)COC(=O)C(C)(C)C(=O)[C@H](C)[C@H]1O[C@@H]1O[C@H](C)C[C@H](N(C)C)[C@H]1O. The standard InChI is InChI=1S/C37H59N3O8/c1-24-21-36(6,45-10)31(48-33-29(41)28(38(7)8)20-25(2)47-33)26(3)30(42)35(4,5)34(44)46-23-37(39(9)22-24)16-18-40(19-17-37)32(43)27-14-12-11-13-15-27/h11-15,24-26,28-29,31,33,41H,16-23H2,1-10H3/t24-,25-,26+,28+,29-,31-,33+,36-/m1/s1. The van der Waals surface area contributed by atoms with E-state index in [0.717, 1.165) is 0 Å². The second-order valence-electron chi connectivity index (χ2n) is 15.6. The van der Waals surface area contributed by atoms with E-state index >= 15 is 0 Å². The monoisotopic (exact) mass is 673 g/mol. The molecule has 0 radical (unpaired) electrons. The minimum atomic E-state index is -1.48. The lowest BCUT2D eigenvalue weighted by molar-refractivity contribution is -0.295. The lowest BCUT2D eigenvalue weighted by Crippen LogP contribution is -2.59. The van der Waals surface area contributed by atoms with Gasteiger partial charge < -0.3 is 33.9 Å². The number of methoxy groups -OCH3 is 1. The van der Waals surface area contributed by atoms with Gasteiger partial charge in [0.25, 0.3) is 5.91 Å². The normalized spacial score (nSPS) is 35.4. The number of amides is 1. The molecular formula is C37H59N3O8. The lowest BCUT2D eigenvalue weighted by Gasteiger charge is -2.48. The van der Waals surface area contributed by atoms with Gasteiger partial charge in [0, 0.05) is 44.3 Å². The first-order valence-corrected chi connectivity index (χ1v) is 17.4. The summed E-state index contributed by atoms with van der Waals surface area (Å²) in [5.74, 6) is -1.67. The number of ketones is 1. The summed E-state index contributed by atoms with van der Waals surface area (Å²) in [6.07, 6.45) is -0.567. The highest BCUT2D eigenvalue weighted by atomic mass is 16.7. The van der Waals surface area contributed by atoms with Crippen molar-refractivity contribution in [2.45, 2.75) is 109 Å². The molecule has 3 aliphatic rings.